The molecule has 4 heteroatoms. The van der Waals surface area contributed by atoms with Crippen LogP contribution in [0.5, 0.6) is 0 Å². The Balaban J connectivity index is 2.42. The van der Waals surface area contributed by atoms with Gasteiger partial charge in [0, 0.05) is 18.4 Å². The number of hydrogen-bond acceptors (Lipinski definition) is 2. The third-order valence-electron chi connectivity index (χ3n) is 1.70. The smallest absolute Gasteiger partial charge is 0.149 e. The van der Waals surface area contributed by atoms with E-state index in [9.17, 15) is 8.78 Å². The Morgan fingerprint density at radius 1 is 1.36 bits per heavy atom. The Morgan fingerprint density at radius 3 is 2.79 bits per heavy atom. The van der Waals surface area contributed by atoms with Crippen LogP contribution in [0.1, 0.15) is 6.92 Å². The molecule has 0 bridgehead atoms. The van der Waals surface area contributed by atoms with Crippen molar-refractivity contribution in [1.29, 1.82) is 0 Å². The molecular formula is C10H13F2NS. The van der Waals surface area contributed by atoms with Crippen LogP contribution in [0.25, 0.3) is 0 Å². The Hall–Kier alpha value is -0.770. The third kappa shape index (κ3) is 3.54. The van der Waals surface area contributed by atoms with Gasteiger partial charge in [0.05, 0.1) is 5.69 Å². The van der Waals surface area contributed by atoms with E-state index in [0.717, 1.165) is 17.6 Å². The molecule has 1 aromatic rings. The monoisotopic (exact) mass is 217 g/mol. The third-order valence-corrected chi connectivity index (χ3v) is 2.60. The van der Waals surface area contributed by atoms with E-state index in [-0.39, 0.29) is 0 Å². The van der Waals surface area contributed by atoms with Crippen molar-refractivity contribution in [3.05, 3.63) is 29.8 Å². The molecule has 78 valence electrons. The van der Waals surface area contributed by atoms with Crippen molar-refractivity contribution >= 4 is 17.4 Å². The van der Waals surface area contributed by atoms with Crippen molar-refractivity contribution in [3.63, 3.8) is 0 Å². The van der Waals surface area contributed by atoms with Crippen molar-refractivity contribution < 1.29 is 8.78 Å². The first-order valence-electron chi connectivity index (χ1n) is 4.50. The van der Waals surface area contributed by atoms with E-state index in [1.807, 2.05) is 0 Å². The molecule has 0 aliphatic carbocycles. The van der Waals surface area contributed by atoms with E-state index in [1.54, 1.807) is 11.8 Å². The van der Waals surface area contributed by atoms with E-state index in [1.165, 1.54) is 12.1 Å². The van der Waals surface area contributed by atoms with E-state index < -0.39 is 11.6 Å². The predicted molar refractivity (Wildman–Crippen MR) is 57.8 cm³/mol. The van der Waals surface area contributed by atoms with Crippen molar-refractivity contribution in [2.45, 2.75) is 6.92 Å². The molecule has 0 unspecified atom stereocenters. The Kier molecular flexibility index (Phi) is 4.73. The quantitative estimate of drug-likeness (QED) is 0.760. The number of benzene rings is 1. The lowest BCUT2D eigenvalue weighted by atomic mass is 10.3. The Morgan fingerprint density at radius 2 is 2.14 bits per heavy atom. The second kappa shape index (κ2) is 5.86. The number of anilines is 1. The first-order chi connectivity index (χ1) is 6.74. The summed E-state index contributed by atoms with van der Waals surface area (Å²) < 4.78 is 25.6. The molecule has 1 nitrogen and oxygen atoms in total. The number of hydrogen-bond donors (Lipinski definition) is 1. The highest BCUT2D eigenvalue weighted by molar-refractivity contribution is 7.99. The molecule has 0 aliphatic heterocycles. The van der Waals surface area contributed by atoms with Gasteiger partial charge >= 0.3 is 0 Å². The van der Waals surface area contributed by atoms with Crippen LogP contribution in [0.3, 0.4) is 0 Å². The van der Waals surface area contributed by atoms with Crippen LogP contribution in [-0.4, -0.2) is 18.1 Å². The first-order valence-corrected chi connectivity index (χ1v) is 5.66. The molecule has 1 N–H and O–H groups in total. The molecule has 0 fully saturated rings. The van der Waals surface area contributed by atoms with E-state index in [4.69, 9.17) is 0 Å². The van der Waals surface area contributed by atoms with Gasteiger partial charge in [-0.05, 0) is 17.9 Å². The summed E-state index contributed by atoms with van der Waals surface area (Å²) in [6.45, 7) is 2.77. The number of rotatable bonds is 5. The summed E-state index contributed by atoms with van der Waals surface area (Å²) in [5.74, 6) is 0.892. The fourth-order valence-electron chi connectivity index (χ4n) is 1.04. The van der Waals surface area contributed by atoms with Gasteiger partial charge in [0.25, 0.3) is 0 Å². The zero-order chi connectivity index (χ0) is 10.4. The standard InChI is InChI=1S/C10H13F2NS/c1-2-14-6-5-13-10-4-3-8(11)7-9(10)12/h3-4,7,13H,2,5-6H2,1H3. The first kappa shape index (κ1) is 11.3. The molecule has 0 radical (unpaired) electrons. The fourth-order valence-corrected chi connectivity index (χ4v) is 1.57. The molecule has 0 amide bonds. The zero-order valence-electron chi connectivity index (χ0n) is 8.02. The van der Waals surface area contributed by atoms with Crippen LogP contribution in [0.4, 0.5) is 14.5 Å². The van der Waals surface area contributed by atoms with E-state index in [2.05, 4.69) is 12.2 Å². The predicted octanol–water partition coefficient (Wildman–Crippen LogP) is 3.13. The van der Waals surface area contributed by atoms with Crippen LogP contribution in [0.15, 0.2) is 18.2 Å². The van der Waals surface area contributed by atoms with Crippen LogP contribution in [-0.2, 0) is 0 Å². The molecule has 14 heavy (non-hydrogen) atoms. The maximum absolute atomic E-state index is 13.1. The van der Waals surface area contributed by atoms with Crippen molar-refractivity contribution in [3.8, 4) is 0 Å². The average molecular weight is 217 g/mol. The molecule has 0 aromatic heterocycles. The molecule has 0 aliphatic rings. The highest BCUT2D eigenvalue weighted by Gasteiger charge is 2.01. The minimum Gasteiger partial charge on any atom is -0.382 e. The van der Waals surface area contributed by atoms with Crippen LogP contribution in [0.2, 0.25) is 0 Å². The normalized spacial score (nSPS) is 10.2. The highest BCUT2D eigenvalue weighted by atomic mass is 32.2. The van der Waals surface area contributed by atoms with Gasteiger partial charge in [-0.25, -0.2) is 8.78 Å². The lowest BCUT2D eigenvalue weighted by Gasteiger charge is -2.06. The molecule has 0 spiro atoms. The van der Waals surface area contributed by atoms with Gasteiger partial charge in [-0.3, -0.25) is 0 Å². The minimum atomic E-state index is -0.545. The van der Waals surface area contributed by atoms with Crippen LogP contribution in [0, 0.1) is 11.6 Å². The van der Waals surface area contributed by atoms with Crippen molar-refractivity contribution in [2.24, 2.45) is 0 Å². The van der Waals surface area contributed by atoms with E-state index in [0.29, 0.717) is 12.2 Å². The number of thioether (sulfide) groups is 1. The van der Waals surface area contributed by atoms with E-state index >= 15 is 0 Å². The minimum absolute atomic E-state index is 0.364. The van der Waals surface area contributed by atoms with Gasteiger partial charge in [0.15, 0.2) is 0 Å². The maximum atomic E-state index is 13.1. The lowest BCUT2D eigenvalue weighted by Crippen LogP contribution is -2.05. The summed E-state index contributed by atoms with van der Waals surface area (Å²) >= 11 is 1.78. The van der Waals surface area contributed by atoms with Gasteiger partial charge in [0.1, 0.15) is 11.6 Å². The summed E-state index contributed by atoms with van der Waals surface area (Å²) in [6.07, 6.45) is 0. The Labute approximate surface area is 86.9 Å². The van der Waals surface area contributed by atoms with Gasteiger partial charge in [0.2, 0.25) is 0 Å². The molecule has 1 rings (SSSR count). The summed E-state index contributed by atoms with van der Waals surface area (Å²) in [4.78, 5) is 0. The van der Waals surface area contributed by atoms with Crippen LogP contribution >= 0.6 is 11.8 Å². The second-order valence-corrected chi connectivity index (χ2v) is 4.14. The molecule has 0 saturated carbocycles. The zero-order valence-corrected chi connectivity index (χ0v) is 8.83. The Bertz CT molecular complexity index is 291. The molecule has 0 heterocycles. The largest absolute Gasteiger partial charge is 0.382 e. The van der Waals surface area contributed by atoms with Crippen molar-refractivity contribution in [1.82, 2.24) is 0 Å². The molecule has 1 aromatic carbocycles. The van der Waals surface area contributed by atoms with Gasteiger partial charge in [-0.2, -0.15) is 11.8 Å². The highest BCUT2D eigenvalue weighted by Crippen LogP contribution is 2.14. The second-order valence-electron chi connectivity index (χ2n) is 2.75. The summed E-state index contributed by atoms with van der Waals surface area (Å²) in [7, 11) is 0. The topological polar surface area (TPSA) is 12.0 Å². The van der Waals surface area contributed by atoms with Crippen molar-refractivity contribution in [2.75, 3.05) is 23.4 Å². The summed E-state index contributed by atoms with van der Waals surface area (Å²) in [6, 6.07) is 3.55. The SMILES string of the molecule is CCSCCNc1ccc(F)cc1F. The maximum Gasteiger partial charge on any atom is 0.149 e. The van der Waals surface area contributed by atoms with Gasteiger partial charge in [-0.15, -0.1) is 0 Å². The van der Waals surface area contributed by atoms with Crippen LogP contribution < -0.4 is 5.32 Å². The summed E-state index contributed by atoms with van der Waals surface area (Å²) in [5.41, 5.74) is 0.364. The summed E-state index contributed by atoms with van der Waals surface area (Å²) in [5, 5.41) is 2.91. The number of halogens is 2. The number of nitrogens with one attached hydrogen (secondary N) is 1. The van der Waals surface area contributed by atoms with Gasteiger partial charge in [-0.1, -0.05) is 6.92 Å². The molecule has 0 saturated heterocycles. The fraction of sp³-hybridized carbons (Fsp3) is 0.400. The molecule has 0 atom stereocenters. The average Bonchev–Trinajstić information content (AvgIpc) is 2.15. The lowest BCUT2D eigenvalue weighted by molar-refractivity contribution is 0.585. The molecular weight excluding hydrogens is 204 g/mol. The van der Waals surface area contributed by atoms with Gasteiger partial charge < -0.3 is 5.32 Å².